The monoisotopic (exact) mass is 169 g/mol. The number of hydrogen-bond donors (Lipinski definition) is 1. The van der Waals surface area contributed by atoms with E-state index in [0.717, 1.165) is 0 Å². The van der Waals surface area contributed by atoms with E-state index in [2.05, 4.69) is 12.2 Å². The summed E-state index contributed by atoms with van der Waals surface area (Å²) in [4.78, 5) is 21.6. The van der Waals surface area contributed by atoms with Gasteiger partial charge in [0.1, 0.15) is 5.78 Å². The summed E-state index contributed by atoms with van der Waals surface area (Å²) in [5.74, 6) is 1.12. The zero-order valence-electron chi connectivity index (χ0n) is 7.59. The van der Waals surface area contributed by atoms with Crippen molar-refractivity contribution in [2.75, 3.05) is 6.54 Å². The van der Waals surface area contributed by atoms with Gasteiger partial charge in [-0.1, -0.05) is 6.92 Å². The van der Waals surface area contributed by atoms with Crippen LogP contribution < -0.4 is 5.32 Å². The molecule has 2 atom stereocenters. The van der Waals surface area contributed by atoms with Crippen LogP contribution in [0.25, 0.3) is 0 Å². The van der Waals surface area contributed by atoms with Gasteiger partial charge in [-0.05, 0) is 11.8 Å². The fourth-order valence-corrected chi connectivity index (χ4v) is 1.65. The van der Waals surface area contributed by atoms with Crippen LogP contribution in [0.5, 0.6) is 0 Å². The van der Waals surface area contributed by atoms with Gasteiger partial charge in [-0.2, -0.15) is 0 Å². The lowest BCUT2D eigenvalue weighted by Gasteiger charge is -2.13. The first-order chi connectivity index (χ1) is 5.59. The van der Waals surface area contributed by atoms with Crippen LogP contribution in [0.4, 0.5) is 0 Å². The Morgan fingerprint density at radius 1 is 1.58 bits per heavy atom. The van der Waals surface area contributed by atoms with Crippen molar-refractivity contribution in [2.24, 2.45) is 11.8 Å². The molecule has 1 N–H and O–H groups in total. The lowest BCUT2D eigenvalue weighted by atomic mass is 9.98. The van der Waals surface area contributed by atoms with Gasteiger partial charge < -0.3 is 5.32 Å². The van der Waals surface area contributed by atoms with E-state index in [-0.39, 0.29) is 5.91 Å². The van der Waals surface area contributed by atoms with E-state index >= 15 is 0 Å². The number of rotatable bonds is 2. The highest BCUT2D eigenvalue weighted by Crippen LogP contribution is 2.27. The molecule has 0 aromatic rings. The van der Waals surface area contributed by atoms with Crippen molar-refractivity contribution in [3.8, 4) is 0 Å². The zero-order chi connectivity index (χ0) is 9.14. The number of amides is 1. The third-order valence-corrected chi connectivity index (χ3v) is 2.46. The number of ketones is 1. The van der Waals surface area contributed by atoms with Gasteiger partial charge in [-0.25, -0.2) is 0 Å². The maximum absolute atomic E-state index is 11.0. The quantitative estimate of drug-likeness (QED) is 0.662. The van der Waals surface area contributed by atoms with Crippen LogP contribution >= 0.6 is 0 Å². The topological polar surface area (TPSA) is 46.2 Å². The van der Waals surface area contributed by atoms with Gasteiger partial charge in [0.05, 0.1) is 0 Å². The van der Waals surface area contributed by atoms with Crippen LogP contribution in [0, 0.1) is 11.8 Å². The summed E-state index contributed by atoms with van der Waals surface area (Å²) in [6, 6.07) is 0. The SMILES string of the molecule is CC(=O)NC[C@H]1CC(=O)C[C@H]1C. The van der Waals surface area contributed by atoms with Crippen molar-refractivity contribution in [2.45, 2.75) is 26.7 Å². The molecule has 3 heteroatoms. The maximum atomic E-state index is 11.0. The summed E-state index contributed by atoms with van der Waals surface area (Å²) >= 11 is 0. The molecule has 0 saturated heterocycles. The molecule has 0 spiro atoms. The number of hydrogen-bond acceptors (Lipinski definition) is 2. The standard InChI is InChI=1S/C9H15NO2/c1-6-3-9(12)4-8(6)5-10-7(2)11/h6,8H,3-5H2,1-2H3,(H,10,11)/t6-,8-/m1/s1. The first kappa shape index (κ1) is 9.23. The second-order valence-corrected chi connectivity index (χ2v) is 3.62. The predicted octanol–water partition coefficient (Wildman–Crippen LogP) is 0.738. The van der Waals surface area contributed by atoms with Gasteiger partial charge >= 0.3 is 0 Å². The van der Waals surface area contributed by atoms with E-state index in [0.29, 0.717) is 37.0 Å². The molecule has 0 aromatic heterocycles. The summed E-state index contributed by atoms with van der Waals surface area (Å²) < 4.78 is 0. The Labute approximate surface area is 72.5 Å². The van der Waals surface area contributed by atoms with Crippen molar-refractivity contribution in [1.29, 1.82) is 0 Å². The molecule has 1 rings (SSSR count). The van der Waals surface area contributed by atoms with Crippen LogP contribution in [-0.2, 0) is 9.59 Å². The largest absolute Gasteiger partial charge is 0.356 e. The minimum atomic E-state index is -0.0125. The third kappa shape index (κ3) is 2.32. The highest BCUT2D eigenvalue weighted by molar-refractivity contribution is 5.81. The first-order valence-electron chi connectivity index (χ1n) is 4.35. The minimum Gasteiger partial charge on any atom is -0.356 e. The average molecular weight is 169 g/mol. The first-order valence-corrected chi connectivity index (χ1v) is 4.35. The van der Waals surface area contributed by atoms with Crippen molar-refractivity contribution >= 4 is 11.7 Å². The molecule has 1 aliphatic rings. The van der Waals surface area contributed by atoms with Crippen LogP contribution in [0.2, 0.25) is 0 Å². The van der Waals surface area contributed by atoms with E-state index < -0.39 is 0 Å². The Balaban J connectivity index is 2.33. The van der Waals surface area contributed by atoms with Crippen LogP contribution in [0.1, 0.15) is 26.7 Å². The third-order valence-electron chi connectivity index (χ3n) is 2.46. The van der Waals surface area contributed by atoms with Crippen LogP contribution in [0.3, 0.4) is 0 Å². The molecule has 0 heterocycles. The average Bonchev–Trinajstić information content (AvgIpc) is 2.26. The van der Waals surface area contributed by atoms with Gasteiger partial charge in [0.15, 0.2) is 0 Å². The number of nitrogens with one attached hydrogen (secondary N) is 1. The van der Waals surface area contributed by atoms with Crippen molar-refractivity contribution in [3.05, 3.63) is 0 Å². The van der Waals surface area contributed by atoms with Gasteiger partial charge in [0.2, 0.25) is 5.91 Å². The van der Waals surface area contributed by atoms with Crippen molar-refractivity contribution in [1.82, 2.24) is 5.32 Å². The van der Waals surface area contributed by atoms with Crippen LogP contribution in [0.15, 0.2) is 0 Å². The van der Waals surface area contributed by atoms with Crippen molar-refractivity contribution < 1.29 is 9.59 Å². The van der Waals surface area contributed by atoms with Gasteiger partial charge in [0.25, 0.3) is 0 Å². The Bertz CT molecular complexity index is 201. The summed E-state index contributed by atoms with van der Waals surface area (Å²) in [7, 11) is 0. The fraction of sp³-hybridized carbons (Fsp3) is 0.778. The maximum Gasteiger partial charge on any atom is 0.216 e. The summed E-state index contributed by atoms with van der Waals surface area (Å²) in [5, 5.41) is 2.75. The lowest BCUT2D eigenvalue weighted by Crippen LogP contribution is -2.28. The molecule has 1 saturated carbocycles. The van der Waals surface area contributed by atoms with E-state index in [1.165, 1.54) is 6.92 Å². The fourth-order valence-electron chi connectivity index (χ4n) is 1.65. The Kier molecular flexibility index (Phi) is 2.84. The van der Waals surface area contributed by atoms with Gasteiger partial charge in [-0.3, -0.25) is 9.59 Å². The molecule has 0 bridgehead atoms. The molecule has 1 amide bonds. The number of carbonyl (C=O) groups is 2. The number of Topliss-reactive ketones (excluding diaryl/α,β-unsaturated/α-hetero) is 1. The Morgan fingerprint density at radius 2 is 2.25 bits per heavy atom. The summed E-state index contributed by atoms with van der Waals surface area (Å²) in [6.07, 6.45) is 1.33. The second kappa shape index (κ2) is 3.70. The summed E-state index contributed by atoms with van der Waals surface area (Å²) in [6.45, 7) is 4.22. The molecule has 68 valence electrons. The minimum absolute atomic E-state index is 0.0125. The summed E-state index contributed by atoms with van der Waals surface area (Å²) in [5.41, 5.74) is 0. The normalized spacial score (nSPS) is 29.0. The Morgan fingerprint density at radius 3 is 2.67 bits per heavy atom. The molecule has 0 unspecified atom stereocenters. The smallest absolute Gasteiger partial charge is 0.216 e. The Hall–Kier alpha value is -0.860. The molecule has 0 aliphatic heterocycles. The second-order valence-electron chi connectivity index (χ2n) is 3.62. The van der Waals surface area contributed by atoms with E-state index in [1.54, 1.807) is 0 Å². The molecule has 0 aromatic carbocycles. The van der Waals surface area contributed by atoms with Crippen molar-refractivity contribution in [3.63, 3.8) is 0 Å². The number of carbonyl (C=O) groups excluding carboxylic acids is 2. The van der Waals surface area contributed by atoms with E-state index in [4.69, 9.17) is 0 Å². The molecule has 1 fully saturated rings. The van der Waals surface area contributed by atoms with E-state index in [9.17, 15) is 9.59 Å². The highest BCUT2D eigenvalue weighted by Gasteiger charge is 2.29. The molecular formula is C9H15NO2. The van der Waals surface area contributed by atoms with Crippen LogP contribution in [-0.4, -0.2) is 18.2 Å². The molecule has 1 aliphatic carbocycles. The molecule has 3 nitrogen and oxygen atoms in total. The van der Waals surface area contributed by atoms with Gasteiger partial charge in [-0.15, -0.1) is 0 Å². The lowest BCUT2D eigenvalue weighted by molar-refractivity contribution is -0.120. The molecular weight excluding hydrogens is 154 g/mol. The predicted molar refractivity (Wildman–Crippen MR) is 45.6 cm³/mol. The zero-order valence-corrected chi connectivity index (χ0v) is 7.59. The van der Waals surface area contributed by atoms with Gasteiger partial charge in [0, 0.05) is 26.3 Å². The molecule has 12 heavy (non-hydrogen) atoms. The molecule has 0 radical (unpaired) electrons. The van der Waals surface area contributed by atoms with E-state index in [1.807, 2.05) is 0 Å². The highest BCUT2D eigenvalue weighted by atomic mass is 16.1.